The Morgan fingerprint density at radius 2 is 1.96 bits per heavy atom. The van der Waals surface area contributed by atoms with Gasteiger partial charge in [0.1, 0.15) is 0 Å². The smallest absolute Gasteiger partial charge is 0.261 e. The molecule has 3 rings (SSSR count). The molecule has 1 heterocycles. The van der Waals surface area contributed by atoms with Gasteiger partial charge >= 0.3 is 0 Å². The third-order valence-corrected chi connectivity index (χ3v) is 5.50. The summed E-state index contributed by atoms with van der Waals surface area (Å²) in [6.07, 6.45) is 3.31. The van der Waals surface area contributed by atoms with Gasteiger partial charge in [-0.1, -0.05) is 18.2 Å². The number of hydrogen-bond donors (Lipinski definition) is 2. The maximum atomic E-state index is 12.8. The summed E-state index contributed by atoms with van der Waals surface area (Å²) in [6.45, 7) is 1.69. The van der Waals surface area contributed by atoms with Crippen LogP contribution in [0, 0.1) is 6.92 Å². The van der Waals surface area contributed by atoms with Crippen molar-refractivity contribution in [3.8, 4) is 5.69 Å². The number of nitrogens with two attached hydrogens (primary N) is 1. The Labute approximate surface area is 159 Å². The second-order valence-corrected chi connectivity index (χ2v) is 8.16. The number of nitrogens with one attached hydrogen (secondary N) is 1. The van der Waals surface area contributed by atoms with Gasteiger partial charge in [-0.3, -0.25) is 9.52 Å². The predicted octanol–water partition coefficient (Wildman–Crippen LogP) is 2.84. The van der Waals surface area contributed by atoms with Gasteiger partial charge in [0.25, 0.3) is 10.0 Å². The number of carbonyl (C=O) groups excluding carboxylic acids is 1. The third-order valence-electron chi connectivity index (χ3n) is 3.73. The number of benzene rings is 2. The van der Waals surface area contributed by atoms with Crippen LogP contribution in [0.25, 0.3) is 5.69 Å². The van der Waals surface area contributed by atoms with Gasteiger partial charge < -0.3 is 5.73 Å². The Morgan fingerprint density at radius 3 is 2.62 bits per heavy atom. The zero-order valence-corrected chi connectivity index (χ0v) is 16.1. The van der Waals surface area contributed by atoms with Crippen LogP contribution in [0.5, 0.6) is 0 Å². The number of aromatic nitrogens is 2. The Bertz CT molecular complexity index is 1090. The summed E-state index contributed by atoms with van der Waals surface area (Å²) < 4.78 is 30.4. The van der Waals surface area contributed by atoms with Gasteiger partial charge in [0.15, 0.2) is 0 Å². The number of primary amides is 1. The first-order chi connectivity index (χ1) is 12.3. The van der Waals surface area contributed by atoms with Crippen molar-refractivity contribution in [3.63, 3.8) is 0 Å². The molecular formula is C17H15BrN4O3S. The second-order valence-electron chi connectivity index (χ2n) is 5.57. The molecule has 0 spiro atoms. The van der Waals surface area contributed by atoms with E-state index in [-0.39, 0.29) is 10.5 Å². The van der Waals surface area contributed by atoms with Crippen molar-refractivity contribution in [1.82, 2.24) is 9.78 Å². The number of aryl methyl sites for hydroxylation is 1. The monoisotopic (exact) mass is 434 g/mol. The van der Waals surface area contributed by atoms with Crippen LogP contribution >= 0.6 is 15.9 Å². The SMILES string of the molecule is Cc1ccc(S(=O)(=O)Nc2ccccc2-n2cc(Br)cn2)cc1C(N)=O. The van der Waals surface area contributed by atoms with Gasteiger partial charge in [-0.2, -0.15) is 5.10 Å². The topological polar surface area (TPSA) is 107 Å². The largest absolute Gasteiger partial charge is 0.366 e. The van der Waals surface area contributed by atoms with Crippen LogP contribution in [0.1, 0.15) is 15.9 Å². The quantitative estimate of drug-likeness (QED) is 0.643. The first-order valence-electron chi connectivity index (χ1n) is 7.51. The lowest BCUT2D eigenvalue weighted by molar-refractivity contribution is 0.0999. The minimum absolute atomic E-state index is 0.0478. The number of carbonyl (C=O) groups is 1. The van der Waals surface area contributed by atoms with Crippen molar-refractivity contribution >= 4 is 37.5 Å². The molecule has 26 heavy (non-hydrogen) atoms. The standard InChI is InChI=1S/C17H15BrN4O3S/c1-11-6-7-13(8-14(11)17(19)23)26(24,25)21-15-4-2-3-5-16(15)22-10-12(18)9-20-22/h2-10,21H,1H3,(H2,19,23). The summed E-state index contributed by atoms with van der Waals surface area (Å²) >= 11 is 3.31. The van der Waals surface area contributed by atoms with E-state index < -0.39 is 15.9 Å². The average molecular weight is 435 g/mol. The highest BCUT2D eigenvalue weighted by molar-refractivity contribution is 9.10. The number of halogens is 1. The molecule has 2 aromatic carbocycles. The summed E-state index contributed by atoms with van der Waals surface area (Å²) in [5.74, 6) is -0.679. The van der Waals surface area contributed by atoms with E-state index in [1.165, 1.54) is 12.1 Å². The third kappa shape index (κ3) is 3.63. The van der Waals surface area contributed by atoms with Crippen LogP contribution in [0.15, 0.2) is 64.2 Å². The highest BCUT2D eigenvalue weighted by atomic mass is 79.9. The molecule has 0 saturated heterocycles. The number of sulfonamides is 1. The molecule has 0 fully saturated rings. The fraction of sp³-hybridized carbons (Fsp3) is 0.0588. The molecule has 0 atom stereocenters. The molecule has 9 heteroatoms. The van der Waals surface area contributed by atoms with Gasteiger partial charge in [-0.15, -0.1) is 0 Å². The number of amides is 1. The Morgan fingerprint density at radius 1 is 1.23 bits per heavy atom. The highest BCUT2D eigenvalue weighted by Crippen LogP contribution is 2.25. The Balaban J connectivity index is 2.02. The highest BCUT2D eigenvalue weighted by Gasteiger charge is 2.19. The summed E-state index contributed by atoms with van der Waals surface area (Å²) in [5.41, 5.74) is 7.00. The Kier molecular flexibility index (Phi) is 4.84. The minimum Gasteiger partial charge on any atom is -0.366 e. The lowest BCUT2D eigenvalue weighted by Crippen LogP contribution is -2.17. The van der Waals surface area contributed by atoms with Crippen molar-refractivity contribution in [2.24, 2.45) is 5.73 Å². The van der Waals surface area contributed by atoms with E-state index in [4.69, 9.17) is 5.73 Å². The van der Waals surface area contributed by atoms with Crippen molar-refractivity contribution in [2.75, 3.05) is 4.72 Å². The fourth-order valence-corrected chi connectivity index (χ4v) is 3.82. The first-order valence-corrected chi connectivity index (χ1v) is 9.78. The van der Waals surface area contributed by atoms with Crippen molar-refractivity contribution in [1.29, 1.82) is 0 Å². The van der Waals surface area contributed by atoms with E-state index in [1.54, 1.807) is 54.3 Å². The molecule has 0 unspecified atom stereocenters. The molecule has 0 aliphatic heterocycles. The van der Waals surface area contributed by atoms with E-state index in [0.717, 1.165) is 4.47 Å². The van der Waals surface area contributed by atoms with Gasteiger partial charge in [0.2, 0.25) is 5.91 Å². The maximum Gasteiger partial charge on any atom is 0.261 e. The zero-order chi connectivity index (χ0) is 18.9. The van der Waals surface area contributed by atoms with Gasteiger partial charge in [-0.05, 0) is 52.7 Å². The normalized spacial score (nSPS) is 11.3. The number of hydrogen-bond acceptors (Lipinski definition) is 4. The molecular weight excluding hydrogens is 420 g/mol. The van der Waals surface area contributed by atoms with E-state index in [9.17, 15) is 13.2 Å². The van der Waals surface area contributed by atoms with E-state index in [0.29, 0.717) is 16.9 Å². The van der Waals surface area contributed by atoms with E-state index in [1.807, 2.05) is 0 Å². The molecule has 1 aromatic heterocycles. The van der Waals surface area contributed by atoms with Gasteiger partial charge in [0.05, 0.1) is 26.9 Å². The van der Waals surface area contributed by atoms with Crippen LogP contribution in [-0.4, -0.2) is 24.1 Å². The average Bonchev–Trinajstić information content (AvgIpc) is 3.01. The van der Waals surface area contributed by atoms with Crippen molar-refractivity contribution < 1.29 is 13.2 Å². The second kappa shape index (κ2) is 6.93. The fourth-order valence-electron chi connectivity index (χ4n) is 2.43. The van der Waals surface area contributed by atoms with Crippen molar-refractivity contribution in [3.05, 3.63) is 70.5 Å². The summed E-state index contributed by atoms with van der Waals surface area (Å²) in [4.78, 5) is 11.4. The molecule has 3 N–H and O–H groups in total. The lowest BCUT2D eigenvalue weighted by atomic mass is 10.1. The van der Waals surface area contributed by atoms with Crippen LogP contribution in [-0.2, 0) is 10.0 Å². The summed E-state index contributed by atoms with van der Waals surface area (Å²) in [6, 6.07) is 11.1. The number of rotatable bonds is 5. The molecule has 1 amide bonds. The number of para-hydroxylation sites is 2. The van der Waals surface area contributed by atoms with E-state index in [2.05, 4.69) is 25.8 Å². The summed E-state index contributed by atoms with van der Waals surface area (Å²) in [5, 5.41) is 4.17. The number of nitrogens with zero attached hydrogens (tertiary/aromatic N) is 2. The minimum atomic E-state index is -3.92. The van der Waals surface area contributed by atoms with Crippen LogP contribution in [0.2, 0.25) is 0 Å². The maximum absolute atomic E-state index is 12.8. The van der Waals surface area contributed by atoms with Crippen LogP contribution in [0.4, 0.5) is 5.69 Å². The van der Waals surface area contributed by atoms with Crippen molar-refractivity contribution in [2.45, 2.75) is 11.8 Å². The molecule has 0 bridgehead atoms. The van der Waals surface area contributed by atoms with Gasteiger partial charge in [-0.25, -0.2) is 13.1 Å². The van der Waals surface area contributed by atoms with Gasteiger partial charge in [0, 0.05) is 11.8 Å². The number of anilines is 1. The molecule has 7 nitrogen and oxygen atoms in total. The van der Waals surface area contributed by atoms with E-state index >= 15 is 0 Å². The predicted molar refractivity (Wildman–Crippen MR) is 102 cm³/mol. The molecule has 0 aliphatic carbocycles. The molecule has 134 valence electrons. The molecule has 0 saturated carbocycles. The molecule has 0 aliphatic rings. The molecule has 3 aromatic rings. The van der Waals surface area contributed by atoms with Crippen LogP contribution < -0.4 is 10.5 Å². The summed E-state index contributed by atoms with van der Waals surface area (Å²) in [7, 11) is -3.92. The molecule has 0 radical (unpaired) electrons. The Hall–Kier alpha value is -2.65. The van der Waals surface area contributed by atoms with Crippen LogP contribution in [0.3, 0.4) is 0 Å². The zero-order valence-electron chi connectivity index (χ0n) is 13.7. The lowest BCUT2D eigenvalue weighted by Gasteiger charge is -2.13. The first kappa shape index (κ1) is 18.2.